The predicted octanol–water partition coefficient (Wildman–Crippen LogP) is 5.81. The molecule has 2 N–H and O–H groups in total. The molecule has 0 aromatic carbocycles. The van der Waals surface area contributed by atoms with E-state index in [0.717, 1.165) is 44.9 Å². The summed E-state index contributed by atoms with van der Waals surface area (Å²) in [6, 6.07) is 1.99. The number of aliphatic hydroxyl groups is 2. The van der Waals surface area contributed by atoms with Crippen molar-refractivity contribution in [3.63, 3.8) is 0 Å². The molecule has 11 unspecified atom stereocenters. The van der Waals surface area contributed by atoms with Crippen molar-refractivity contribution in [2.24, 2.45) is 51.8 Å². The fraction of sp³-hybridized carbons (Fsp3) is 0.909. The zero-order valence-corrected chi connectivity index (χ0v) is 25.7. The zero-order valence-electron chi connectivity index (χ0n) is 25.7. The van der Waals surface area contributed by atoms with Crippen LogP contribution in [0.1, 0.15) is 112 Å². The van der Waals surface area contributed by atoms with Crippen LogP contribution in [-0.2, 0) is 19.1 Å². The molecule has 0 radical (unpaired) electrons. The molecule has 4 aliphatic rings. The molecule has 0 saturated heterocycles. The molecule has 7 nitrogen and oxygen atoms in total. The molecule has 0 aliphatic heterocycles. The third kappa shape index (κ3) is 5.56. The van der Waals surface area contributed by atoms with Crippen LogP contribution >= 0.6 is 0 Å². The molecule has 4 saturated carbocycles. The van der Waals surface area contributed by atoms with Gasteiger partial charge in [-0.25, -0.2) is 0 Å². The van der Waals surface area contributed by atoms with Gasteiger partial charge in [0.15, 0.2) is 0 Å². The van der Waals surface area contributed by atoms with Gasteiger partial charge in [-0.2, -0.15) is 5.26 Å². The molecule has 4 aliphatic carbocycles. The molecule has 0 aromatic heterocycles. The Hall–Kier alpha value is -1.65. The van der Waals surface area contributed by atoms with Crippen LogP contribution in [0.4, 0.5) is 0 Å². The van der Waals surface area contributed by atoms with Crippen molar-refractivity contribution >= 4 is 11.9 Å². The molecule has 7 heteroatoms. The lowest BCUT2D eigenvalue weighted by molar-refractivity contribution is -0.210. The average molecular weight is 560 g/mol. The van der Waals surface area contributed by atoms with Gasteiger partial charge in [-0.05, 0) is 118 Å². The van der Waals surface area contributed by atoms with E-state index in [9.17, 15) is 19.8 Å². The minimum absolute atomic E-state index is 0.0201. The topological polar surface area (TPSA) is 117 Å². The number of carbonyl (C=O) groups is 2. The lowest BCUT2D eigenvalue weighted by Crippen LogP contribution is -2.62. The Morgan fingerprint density at radius 2 is 1.82 bits per heavy atom. The summed E-state index contributed by atoms with van der Waals surface area (Å²) in [6.45, 7) is 12.8. The second kappa shape index (κ2) is 11.9. The van der Waals surface area contributed by atoms with Gasteiger partial charge in [-0.15, -0.1) is 0 Å². The minimum Gasteiger partial charge on any atom is -0.465 e. The molecule has 0 bridgehead atoms. The Bertz CT molecular complexity index is 974. The highest BCUT2D eigenvalue weighted by molar-refractivity contribution is 5.76. The fourth-order valence-corrected chi connectivity index (χ4v) is 9.51. The van der Waals surface area contributed by atoms with Crippen molar-refractivity contribution in [1.29, 1.82) is 5.26 Å². The number of esters is 2. The highest BCUT2D eigenvalue weighted by atomic mass is 16.5. The van der Waals surface area contributed by atoms with Crippen molar-refractivity contribution in [1.82, 2.24) is 0 Å². The van der Waals surface area contributed by atoms with E-state index in [4.69, 9.17) is 14.7 Å². The molecule has 226 valence electrons. The number of hydrogen-bond donors (Lipinski definition) is 2. The molecule has 40 heavy (non-hydrogen) atoms. The van der Waals surface area contributed by atoms with Crippen LogP contribution in [-0.4, -0.2) is 47.1 Å². The standard InChI is InChI=1S/C33H53NO6/c1-7-31(3,4)30(38)40-22-13-14-32(5)21(17-22)18-26(35)29-24-11-10-23(33(24,6)27(36)19-25(29)32)20(2)9-12-28(37)39-16-8-15-34/h20-27,29,35-36H,7-14,16-19H2,1-6H3. The smallest absolute Gasteiger partial charge is 0.311 e. The van der Waals surface area contributed by atoms with E-state index < -0.39 is 17.6 Å². The summed E-state index contributed by atoms with van der Waals surface area (Å²) < 4.78 is 11.2. The number of hydrogen-bond acceptors (Lipinski definition) is 7. The normalized spacial score (nSPS) is 41.6. The monoisotopic (exact) mass is 559 g/mol. The maximum atomic E-state index is 12.8. The van der Waals surface area contributed by atoms with Gasteiger partial charge in [0, 0.05) is 6.42 Å². The summed E-state index contributed by atoms with van der Waals surface area (Å²) in [4.78, 5) is 25.0. The molecular weight excluding hydrogens is 506 g/mol. The summed E-state index contributed by atoms with van der Waals surface area (Å²) >= 11 is 0. The summed E-state index contributed by atoms with van der Waals surface area (Å²) in [5.41, 5.74) is -0.746. The Morgan fingerprint density at radius 1 is 1.10 bits per heavy atom. The van der Waals surface area contributed by atoms with Gasteiger partial charge in [0.2, 0.25) is 0 Å². The second-order valence-electron chi connectivity index (χ2n) is 14.8. The van der Waals surface area contributed by atoms with Crippen molar-refractivity contribution in [3.05, 3.63) is 0 Å². The lowest BCUT2D eigenvalue weighted by atomic mass is 9.43. The van der Waals surface area contributed by atoms with Crippen LogP contribution in [0.2, 0.25) is 0 Å². The Labute approximate surface area is 241 Å². The van der Waals surface area contributed by atoms with E-state index >= 15 is 0 Å². The van der Waals surface area contributed by atoms with Crippen molar-refractivity contribution < 1.29 is 29.3 Å². The largest absolute Gasteiger partial charge is 0.465 e. The number of rotatable bonds is 9. The first-order chi connectivity index (χ1) is 18.8. The first-order valence-electron chi connectivity index (χ1n) is 15.9. The molecule has 0 aromatic rings. The molecule has 0 amide bonds. The second-order valence-corrected chi connectivity index (χ2v) is 14.8. The molecule has 4 fully saturated rings. The molecular formula is C33H53NO6. The summed E-state index contributed by atoms with van der Waals surface area (Å²) in [7, 11) is 0. The van der Waals surface area contributed by atoms with Gasteiger partial charge in [0.1, 0.15) is 12.7 Å². The van der Waals surface area contributed by atoms with Gasteiger partial charge in [-0.1, -0.05) is 27.7 Å². The minimum atomic E-state index is -0.482. The van der Waals surface area contributed by atoms with Gasteiger partial charge < -0.3 is 19.7 Å². The molecule has 0 spiro atoms. The van der Waals surface area contributed by atoms with Gasteiger partial charge >= 0.3 is 11.9 Å². The van der Waals surface area contributed by atoms with Gasteiger partial charge in [0.25, 0.3) is 0 Å². The van der Waals surface area contributed by atoms with E-state index in [1.165, 1.54) is 0 Å². The van der Waals surface area contributed by atoms with Crippen LogP contribution in [0.3, 0.4) is 0 Å². The zero-order chi connectivity index (χ0) is 29.5. The van der Waals surface area contributed by atoms with Crippen LogP contribution in [0.5, 0.6) is 0 Å². The molecule has 4 rings (SSSR count). The number of carbonyl (C=O) groups excluding carboxylic acids is 2. The van der Waals surface area contributed by atoms with E-state index in [1.807, 2.05) is 26.8 Å². The number of fused-ring (bicyclic) bond motifs is 5. The van der Waals surface area contributed by atoms with Crippen LogP contribution in [0, 0.1) is 63.1 Å². The number of nitriles is 1. The number of aliphatic hydroxyl groups excluding tert-OH is 2. The van der Waals surface area contributed by atoms with Crippen molar-refractivity contribution in [3.8, 4) is 6.07 Å². The maximum absolute atomic E-state index is 12.8. The van der Waals surface area contributed by atoms with Crippen LogP contribution in [0.15, 0.2) is 0 Å². The highest BCUT2D eigenvalue weighted by Crippen LogP contribution is 2.68. The maximum Gasteiger partial charge on any atom is 0.311 e. The lowest BCUT2D eigenvalue weighted by Gasteiger charge is -2.63. The molecule has 11 atom stereocenters. The summed E-state index contributed by atoms with van der Waals surface area (Å²) in [6.07, 6.45) is 7.08. The fourth-order valence-electron chi connectivity index (χ4n) is 9.51. The van der Waals surface area contributed by atoms with Crippen molar-refractivity contribution in [2.45, 2.75) is 130 Å². The number of nitrogens with zero attached hydrogens (tertiary/aromatic N) is 1. The quantitative estimate of drug-likeness (QED) is 0.270. The SMILES string of the molecule is CCC(C)(C)C(=O)OC1CCC2(C)C(C1)CC(O)C1C2CC(O)C2(C)C(C(C)CCC(=O)OCCC#N)CCC12. The Balaban J connectivity index is 1.44. The average Bonchev–Trinajstić information content (AvgIpc) is 3.27. The third-order valence-corrected chi connectivity index (χ3v) is 12.5. The number of ether oxygens (including phenoxy) is 2. The van der Waals surface area contributed by atoms with E-state index in [2.05, 4.69) is 20.8 Å². The summed E-state index contributed by atoms with van der Waals surface area (Å²) in [5, 5.41) is 32.2. The van der Waals surface area contributed by atoms with Gasteiger partial charge in [0.05, 0.1) is 30.1 Å². The third-order valence-electron chi connectivity index (χ3n) is 12.5. The molecule has 0 heterocycles. The summed E-state index contributed by atoms with van der Waals surface area (Å²) in [5.74, 6) is 1.12. The van der Waals surface area contributed by atoms with Crippen molar-refractivity contribution in [2.75, 3.05) is 6.61 Å². The van der Waals surface area contributed by atoms with E-state index in [0.29, 0.717) is 19.3 Å². The van der Waals surface area contributed by atoms with E-state index in [-0.39, 0.29) is 77.4 Å². The van der Waals surface area contributed by atoms with E-state index in [1.54, 1.807) is 0 Å². The van der Waals surface area contributed by atoms with Gasteiger partial charge in [-0.3, -0.25) is 9.59 Å². The Kier molecular flexibility index (Phi) is 9.32. The Morgan fingerprint density at radius 3 is 2.50 bits per heavy atom. The first kappa shape index (κ1) is 31.3. The highest BCUT2D eigenvalue weighted by Gasteiger charge is 2.65. The van der Waals surface area contributed by atoms with Crippen LogP contribution < -0.4 is 0 Å². The first-order valence-corrected chi connectivity index (χ1v) is 15.9. The van der Waals surface area contributed by atoms with Crippen LogP contribution in [0.25, 0.3) is 0 Å². The predicted molar refractivity (Wildman–Crippen MR) is 152 cm³/mol.